The fraction of sp³-hybridized carbons (Fsp3) is 0.682. The van der Waals surface area contributed by atoms with Crippen LogP contribution >= 0.6 is 12.6 Å². The Balaban J connectivity index is 5.38. The number of aliphatic carboxylic acids is 1. The van der Waals surface area contributed by atoms with E-state index in [-0.39, 0.29) is 24.7 Å². The molecule has 17 nitrogen and oxygen atoms in total. The van der Waals surface area contributed by atoms with E-state index in [2.05, 4.69) is 33.6 Å². The van der Waals surface area contributed by atoms with Crippen LogP contribution in [0.1, 0.15) is 40.0 Å². The summed E-state index contributed by atoms with van der Waals surface area (Å²) >= 11 is 4.06. The topological polar surface area (TPSA) is 307 Å². The smallest absolute Gasteiger partial charge is 0.326 e. The van der Waals surface area contributed by atoms with Gasteiger partial charge >= 0.3 is 5.97 Å². The van der Waals surface area contributed by atoms with Crippen molar-refractivity contribution in [2.45, 2.75) is 76.3 Å². The number of amides is 5. The highest BCUT2D eigenvalue weighted by Gasteiger charge is 2.34. The number of aliphatic imine (C=N–C) groups is 1. The normalized spacial score (nSPS) is 15.4. The maximum Gasteiger partial charge on any atom is 0.326 e. The molecule has 0 aliphatic rings. The SMILES string of the molecule is CC(C)[C@H](NC(=O)[C@@H](N)CCCN=C(N)N)C(=O)N[C@@H](CS)C(=O)N[C@H](C(=O)N[C@@H](CC(N)=O)C(=O)O)[C@@H](C)O. The lowest BCUT2D eigenvalue weighted by Crippen LogP contribution is -2.61. The number of hydrogen-bond donors (Lipinski definition) is 11. The van der Waals surface area contributed by atoms with E-state index in [9.17, 15) is 39.0 Å². The number of carboxylic acids is 1. The summed E-state index contributed by atoms with van der Waals surface area (Å²) in [5.74, 6) is -6.70. The fourth-order valence-corrected chi connectivity index (χ4v) is 3.48. The number of carbonyl (C=O) groups is 6. The van der Waals surface area contributed by atoms with Crippen molar-refractivity contribution in [3.63, 3.8) is 0 Å². The van der Waals surface area contributed by atoms with Crippen molar-refractivity contribution in [3.05, 3.63) is 0 Å². The van der Waals surface area contributed by atoms with Gasteiger partial charge in [0.15, 0.2) is 5.96 Å². The highest BCUT2D eigenvalue weighted by molar-refractivity contribution is 7.80. The van der Waals surface area contributed by atoms with Gasteiger partial charge in [0.1, 0.15) is 24.2 Å². The van der Waals surface area contributed by atoms with Gasteiger partial charge < -0.3 is 54.4 Å². The number of thiol groups is 1. The Morgan fingerprint density at radius 2 is 1.35 bits per heavy atom. The second-order valence-electron chi connectivity index (χ2n) is 9.33. The molecule has 0 aromatic heterocycles. The van der Waals surface area contributed by atoms with Crippen LogP contribution in [0.15, 0.2) is 4.99 Å². The third-order valence-corrected chi connectivity index (χ3v) is 5.81. The summed E-state index contributed by atoms with van der Waals surface area (Å²) in [5.41, 5.74) is 21.4. The maximum absolute atomic E-state index is 13.0. The van der Waals surface area contributed by atoms with Crippen LogP contribution in [-0.2, 0) is 28.8 Å². The van der Waals surface area contributed by atoms with E-state index in [0.717, 1.165) is 6.92 Å². The molecule has 0 fully saturated rings. The first-order valence-corrected chi connectivity index (χ1v) is 13.0. The van der Waals surface area contributed by atoms with Crippen molar-refractivity contribution >= 4 is 54.1 Å². The third-order valence-electron chi connectivity index (χ3n) is 5.45. The van der Waals surface area contributed by atoms with E-state index in [1.54, 1.807) is 13.8 Å². The number of aliphatic hydroxyl groups excluding tert-OH is 1. The number of carboxylic acid groups (broad SMARTS) is 1. The van der Waals surface area contributed by atoms with Gasteiger partial charge in [0.2, 0.25) is 29.5 Å². The van der Waals surface area contributed by atoms with Gasteiger partial charge in [-0.15, -0.1) is 0 Å². The van der Waals surface area contributed by atoms with Gasteiger partial charge in [-0.3, -0.25) is 29.0 Å². The molecular weight excluding hydrogens is 550 g/mol. The highest BCUT2D eigenvalue weighted by atomic mass is 32.1. The standard InChI is InChI=1S/C22H41N9O8S/c1-9(2)15(30-17(34)11(23)5-4-6-27-22(25)26)19(36)29-13(8-40)18(35)31-16(10(3)32)20(37)28-12(21(38)39)7-14(24)33/h9-13,15-16,32,40H,4-8,23H2,1-3H3,(H2,24,33)(H,28,37)(H,29,36)(H,30,34)(H,31,35)(H,38,39)(H4,25,26,27)/t10-,11+,12+,13+,15+,16+/m1/s1. The second kappa shape index (κ2) is 17.9. The molecule has 0 aromatic carbocycles. The summed E-state index contributed by atoms with van der Waals surface area (Å²) in [5, 5.41) is 28.4. The van der Waals surface area contributed by atoms with Crippen LogP contribution in [0.4, 0.5) is 0 Å². The monoisotopic (exact) mass is 591 g/mol. The molecule has 0 aliphatic carbocycles. The van der Waals surface area contributed by atoms with E-state index in [4.69, 9.17) is 22.9 Å². The van der Waals surface area contributed by atoms with E-state index in [1.807, 2.05) is 5.32 Å². The number of hydrogen-bond acceptors (Lipinski definition) is 10. The predicted molar refractivity (Wildman–Crippen MR) is 147 cm³/mol. The first-order chi connectivity index (χ1) is 18.5. The number of guanidine groups is 1. The minimum Gasteiger partial charge on any atom is -0.480 e. The molecule has 0 saturated carbocycles. The number of rotatable bonds is 18. The summed E-state index contributed by atoms with van der Waals surface area (Å²) in [6, 6.07) is -6.72. The number of primary amides is 1. The van der Waals surface area contributed by atoms with Crippen molar-refractivity contribution < 1.29 is 39.0 Å². The Morgan fingerprint density at radius 3 is 1.80 bits per heavy atom. The Bertz CT molecular complexity index is 943. The van der Waals surface area contributed by atoms with Crippen molar-refractivity contribution in [2.75, 3.05) is 12.3 Å². The van der Waals surface area contributed by atoms with Crippen LogP contribution < -0.4 is 44.2 Å². The Labute approximate surface area is 237 Å². The van der Waals surface area contributed by atoms with Crippen molar-refractivity contribution in [1.29, 1.82) is 0 Å². The van der Waals surface area contributed by atoms with Crippen LogP contribution in [0.25, 0.3) is 0 Å². The van der Waals surface area contributed by atoms with Gasteiger partial charge in [-0.05, 0) is 25.7 Å². The molecule has 6 atom stereocenters. The molecule has 0 aromatic rings. The third kappa shape index (κ3) is 13.4. The predicted octanol–water partition coefficient (Wildman–Crippen LogP) is -4.77. The average molecular weight is 592 g/mol. The summed E-state index contributed by atoms with van der Waals surface area (Å²) in [4.78, 5) is 77.1. The Hall–Kier alpha value is -3.64. The van der Waals surface area contributed by atoms with Crippen molar-refractivity contribution in [1.82, 2.24) is 21.3 Å². The van der Waals surface area contributed by atoms with Crippen LogP contribution in [-0.4, -0.2) is 100 Å². The van der Waals surface area contributed by atoms with Crippen LogP contribution in [0.5, 0.6) is 0 Å². The van der Waals surface area contributed by atoms with Gasteiger partial charge in [0.25, 0.3) is 0 Å². The molecule has 0 rings (SSSR count). The first kappa shape index (κ1) is 36.4. The molecule has 5 amide bonds. The zero-order valence-electron chi connectivity index (χ0n) is 22.6. The molecule has 0 saturated heterocycles. The molecule has 14 N–H and O–H groups in total. The molecule has 0 unspecified atom stereocenters. The number of nitrogens with zero attached hydrogens (tertiary/aromatic N) is 1. The molecule has 0 spiro atoms. The van der Waals surface area contributed by atoms with Crippen molar-refractivity contribution in [2.24, 2.45) is 33.8 Å². The average Bonchev–Trinajstić information content (AvgIpc) is 2.84. The highest BCUT2D eigenvalue weighted by Crippen LogP contribution is 2.06. The lowest BCUT2D eigenvalue weighted by atomic mass is 10.0. The van der Waals surface area contributed by atoms with Gasteiger partial charge in [0, 0.05) is 12.3 Å². The molecule has 0 aliphatic heterocycles. The van der Waals surface area contributed by atoms with Crippen LogP contribution in [0.3, 0.4) is 0 Å². The summed E-state index contributed by atoms with van der Waals surface area (Å²) in [7, 11) is 0. The number of aliphatic hydroxyl groups is 1. The lowest BCUT2D eigenvalue weighted by molar-refractivity contribution is -0.144. The Morgan fingerprint density at radius 1 is 0.825 bits per heavy atom. The van der Waals surface area contributed by atoms with Crippen molar-refractivity contribution in [3.8, 4) is 0 Å². The van der Waals surface area contributed by atoms with Gasteiger partial charge in [-0.25, -0.2) is 4.79 Å². The van der Waals surface area contributed by atoms with Crippen LogP contribution in [0, 0.1) is 5.92 Å². The van der Waals surface area contributed by atoms with Crippen LogP contribution in [0.2, 0.25) is 0 Å². The first-order valence-electron chi connectivity index (χ1n) is 12.3. The summed E-state index contributed by atoms with van der Waals surface area (Å²) in [6.07, 6.45) is -1.57. The number of carbonyl (C=O) groups excluding carboxylic acids is 5. The van der Waals surface area contributed by atoms with Gasteiger partial charge in [0.05, 0.1) is 18.6 Å². The molecule has 228 valence electrons. The quantitative estimate of drug-likeness (QED) is 0.0311. The zero-order chi connectivity index (χ0) is 31.2. The van der Waals surface area contributed by atoms with E-state index < -0.39 is 84.2 Å². The van der Waals surface area contributed by atoms with E-state index >= 15 is 0 Å². The lowest BCUT2D eigenvalue weighted by Gasteiger charge is -2.27. The van der Waals surface area contributed by atoms with E-state index in [1.165, 1.54) is 0 Å². The minimum absolute atomic E-state index is 0.0923. The second-order valence-corrected chi connectivity index (χ2v) is 9.69. The number of nitrogens with two attached hydrogens (primary N) is 4. The van der Waals surface area contributed by atoms with Gasteiger partial charge in [-0.1, -0.05) is 13.8 Å². The largest absolute Gasteiger partial charge is 0.480 e. The maximum atomic E-state index is 13.0. The molecule has 18 heteroatoms. The molecule has 0 heterocycles. The Kier molecular flexibility index (Phi) is 16.2. The molecule has 0 radical (unpaired) electrons. The fourth-order valence-electron chi connectivity index (χ4n) is 3.22. The minimum atomic E-state index is -1.70. The zero-order valence-corrected chi connectivity index (χ0v) is 23.5. The summed E-state index contributed by atoms with van der Waals surface area (Å²) < 4.78 is 0. The van der Waals surface area contributed by atoms with E-state index in [0.29, 0.717) is 6.42 Å². The molecular formula is C22H41N9O8S. The molecule has 0 bridgehead atoms. The number of nitrogens with one attached hydrogen (secondary N) is 4. The summed E-state index contributed by atoms with van der Waals surface area (Å²) in [6.45, 7) is 4.74. The molecule has 40 heavy (non-hydrogen) atoms. The van der Waals surface area contributed by atoms with Gasteiger partial charge in [-0.2, -0.15) is 12.6 Å².